The Kier molecular flexibility index (Phi) is 3.59. The molecule has 1 aromatic carbocycles. The molecule has 0 unspecified atom stereocenters. The van der Waals surface area contributed by atoms with Gasteiger partial charge in [0.05, 0.1) is 19.3 Å². The van der Waals surface area contributed by atoms with E-state index in [-0.39, 0.29) is 18.1 Å². The number of sulfonamides is 1. The molecule has 6 nitrogen and oxygen atoms in total. The molecule has 0 spiro atoms. The molecule has 0 amide bonds. The Morgan fingerprint density at radius 2 is 2.16 bits per heavy atom. The minimum Gasteiger partial charge on any atom is -0.469 e. The Labute approximate surface area is 110 Å². The number of benzene rings is 1. The minimum atomic E-state index is -3.57. The van der Waals surface area contributed by atoms with Crippen molar-refractivity contribution >= 4 is 26.9 Å². The quantitative estimate of drug-likeness (QED) is 0.804. The molecule has 102 valence electrons. The van der Waals surface area contributed by atoms with Gasteiger partial charge in [0, 0.05) is 17.1 Å². The van der Waals surface area contributed by atoms with Gasteiger partial charge in [0.2, 0.25) is 10.0 Å². The van der Waals surface area contributed by atoms with Crippen molar-refractivity contribution in [1.82, 2.24) is 4.98 Å². The molecule has 7 heteroatoms. The van der Waals surface area contributed by atoms with E-state index in [0.717, 1.165) is 16.5 Å². The summed E-state index contributed by atoms with van der Waals surface area (Å²) in [5.74, 6) is -0.580. The number of rotatable bonds is 4. The summed E-state index contributed by atoms with van der Waals surface area (Å²) in [6.07, 6.45) is 1.84. The second kappa shape index (κ2) is 5.02. The van der Waals surface area contributed by atoms with Crippen molar-refractivity contribution in [2.45, 2.75) is 12.2 Å². The highest BCUT2D eigenvalue weighted by Crippen LogP contribution is 2.21. The maximum atomic E-state index is 11.3. The van der Waals surface area contributed by atoms with Crippen molar-refractivity contribution in [1.29, 1.82) is 0 Å². The number of nitrogens with one attached hydrogen (secondary N) is 1. The van der Waals surface area contributed by atoms with Crippen LogP contribution in [0.3, 0.4) is 0 Å². The number of carbonyl (C=O) groups excluding carboxylic acids is 1. The summed E-state index contributed by atoms with van der Waals surface area (Å²) in [5.41, 5.74) is 2.18. The molecule has 0 saturated heterocycles. The first-order valence-electron chi connectivity index (χ1n) is 5.55. The number of hydrogen-bond acceptors (Lipinski definition) is 4. The standard InChI is InChI=1S/C12H14N2O4S/c1-18-12(15)5-9-6-14-11-3-2-8(4-10(9)11)7-19(13,16)17/h2-4,6,14H,5,7H2,1H3,(H2,13,16,17). The van der Waals surface area contributed by atoms with Crippen molar-refractivity contribution in [3.8, 4) is 0 Å². The third kappa shape index (κ3) is 3.33. The van der Waals surface area contributed by atoms with Gasteiger partial charge >= 0.3 is 5.97 Å². The molecule has 0 atom stereocenters. The van der Waals surface area contributed by atoms with Gasteiger partial charge in [-0.2, -0.15) is 0 Å². The Morgan fingerprint density at radius 3 is 2.79 bits per heavy atom. The van der Waals surface area contributed by atoms with E-state index in [2.05, 4.69) is 9.72 Å². The summed E-state index contributed by atoms with van der Waals surface area (Å²) < 4.78 is 26.8. The van der Waals surface area contributed by atoms with E-state index in [4.69, 9.17) is 5.14 Å². The van der Waals surface area contributed by atoms with Crippen molar-refractivity contribution in [3.63, 3.8) is 0 Å². The van der Waals surface area contributed by atoms with Gasteiger partial charge < -0.3 is 9.72 Å². The van der Waals surface area contributed by atoms with E-state index >= 15 is 0 Å². The smallest absolute Gasteiger partial charge is 0.310 e. The molecule has 0 aliphatic rings. The number of hydrogen-bond donors (Lipinski definition) is 2. The van der Waals surface area contributed by atoms with Crippen molar-refractivity contribution in [2.75, 3.05) is 7.11 Å². The van der Waals surface area contributed by atoms with Crippen LogP contribution < -0.4 is 5.14 Å². The molecule has 0 radical (unpaired) electrons. The van der Waals surface area contributed by atoms with Crippen LogP contribution in [0.2, 0.25) is 0 Å². The largest absolute Gasteiger partial charge is 0.469 e. The van der Waals surface area contributed by atoms with Crippen LogP contribution in [-0.2, 0) is 31.7 Å². The van der Waals surface area contributed by atoms with Gasteiger partial charge in [-0.3, -0.25) is 4.79 Å². The number of fused-ring (bicyclic) bond motifs is 1. The first-order chi connectivity index (χ1) is 8.89. The Hall–Kier alpha value is -1.86. The summed E-state index contributed by atoms with van der Waals surface area (Å²) in [4.78, 5) is 14.3. The molecule has 0 aliphatic carbocycles. The number of methoxy groups -OCH3 is 1. The van der Waals surface area contributed by atoms with E-state index in [0.29, 0.717) is 5.56 Å². The fourth-order valence-corrected chi connectivity index (χ4v) is 2.57. The summed E-state index contributed by atoms with van der Waals surface area (Å²) in [7, 11) is -2.25. The van der Waals surface area contributed by atoms with Gasteiger partial charge in [-0.15, -0.1) is 0 Å². The van der Waals surface area contributed by atoms with Crippen LogP contribution in [0.5, 0.6) is 0 Å². The average Bonchev–Trinajstić information content (AvgIpc) is 2.70. The predicted octanol–water partition coefficient (Wildman–Crippen LogP) is 0.672. The van der Waals surface area contributed by atoms with Crippen LogP contribution >= 0.6 is 0 Å². The zero-order chi connectivity index (χ0) is 14.0. The number of primary sulfonamides is 1. The normalized spacial score (nSPS) is 11.7. The summed E-state index contributed by atoms with van der Waals surface area (Å²) in [6.45, 7) is 0. The topological polar surface area (TPSA) is 102 Å². The van der Waals surface area contributed by atoms with Gasteiger partial charge in [0.15, 0.2) is 0 Å². The molecule has 0 bridgehead atoms. The number of aromatic nitrogens is 1. The van der Waals surface area contributed by atoms with Crippen LogP contribution in [0.1, 0.15) is 11.1 Å². The van der Waals surface area contributed by atoms with Crippen LogP contribution in [0, 0.1) is 0 Å². The summed E-state index contributed by atoms with van der Waals surface area (Å²) in [5, 5.41) is 5.82. The molecule has 19 heavy (non-hydrogen) atoms. The third-order valence-electron chi connectivity index (χ3n) is 2.76. The Morgan fingerprint density at radius 1 is 1.42 bits per heavy atom. The number of esters is 1. The maximum Gasteiger partial charge on any atom is 0.310 e. The average molecular weight is 282 g/mol. The molecule has 0 aliphatic heterocycles. The first-order valence-corrected chi connectivity index (χ1v) is 7.27. The minimum absolute atomic E-state index is 0.134. The van der Waals surface area contributed by atoms with Crippen LogP contribution in [0.4, 0.5) is 0 Å². The monoisotopic (exact) mass is 282 g/mol. The molecule has 2 rings (SSSR count). The van der Waals surface area contributed by atoms with E-state index in [1.54, 1.807) is 24.4 Å². The lowest BCUT2D eigenvalue weighted by molar-refractivity contribution is -0.139. The third-order valence-corrected chi connectivity index (χ3v) is 3.50. The number of carbonyl (C=O) groups is 1. The van der Waals surface area contributed by atoms with Gasteiger partial charge in [-0.1, -0.05) is 6.07 Å². The number of H-pyrrole nitrogens is 1. The van der Waals surface area contributed by atoms with Crippen LogP contribution in [0.25, 0.3) is 10.9 Å². The summed E-state index contributed by atoms with van der Waals surface area (Å²) >= 11 is 0. The van der Waals surface area contributed by atoms with E-state index < -0.39 is 10.0 Å². The van der Waals surface area contributed by atoms with Crippen LogP contribution in [-0.4, -0.2) is 26.5 Å². The zero-order valence-electron chi connectivity index (χ0n) is 10.3. The molecule has 2 aromatic rings. The number of aromatic amines is 1. The molecule has 0 saturated carbocycles. The highest BCUT2D eigenvalue weighted by molar-refractivity contribution is 7.88. The molecule has 3 N–H and O–H groups in total. The van der Waals surface area contributed by atoms with E-state index in [1.807, 2.05) is 0 Å². The highest BCUT2D eigenvalue weighted by atomic mass is 32.2. The fourth-order valence-electron chi connectivity index (χ4n) is 1.92. The predicted molar refractivity (Wildman–Crippen MR) is 70.8 cm³/mol. The molecule has 0 fully saturated rings. The zero-order valence-corrected chi connectivity index (χ0v) is 11.2. The van der Waals surface area contributed by atoms with E-state index in [9.17, 15) is 13.2 Å². The number of ether oxygens (including phenoxy) is 1. The van der Waals surface area contributed by atoms with Gasteiger partial charge in [0.25, 0.3) is 0 Å². The lowest BCUT2D eigenvalue weighted by Gasteiger charge is -2.02. The first kappa shape index (κ1) is 13.6. The second-order valence-corrected chi connectivity index (χ2v) is 5.87. The Bertz CT molecular complexity index is 718. The lowest BCUT2D eigenvalue weighted by Crippen LogP contribution is -2.14. The highest BCUT2D eigenvalue weighted by Gasteiger charge is 2.11. The molecular formula is C12H14N2O4S. The van der Waals surface area contributed by atoms with Crippen molar-refractivity contribution in [2.24, 2.45) is 5.14 Å². The SMILES string of the molecule is COC(=O)Cc1c[nH]c2ccc(CS(N)(=O)=O)cc12. The number of nitrogens with two attached hydrogens (primary N) is 1. The van der Waals surface area contributed by atoms with Crippen molar-refractivity contribution in [3.05, 3.63) is 35.5 Å². The van der Waals surface area contributed by atoms with Gasteiger partial charge in [-0.25, -0.2) is 13.6 Å². The molecule has 1 aromatic heterocycles. The lowest BCUT2D eigenvalue weighted by atomic mass is 10.1. The second-order valence-electron chi connectivity index (χ2n) is 4.25. The van der Waals surface area contributed by atoms with Crippen molar-refractivity contribution < 1.29 is 17.9 Å². The molecular weight excluding hydrogens is 268 g/mol. The van der Waals surface area contributed by atoms with Crippen LogP contribution in [0.15, 0.2) is 24.4 Å². The molecule has 1 heterocycles. The fraction of sp³-hybridized carbons (Fsp3) is 0.250. The van der Waals surface area contributed by atoms with E-state index in [1.165, 1.54) is 7.11 Å². The maximum absolute atomic E-state index is 11.3. The Balaban J connectivity index is 2.40. The summed E-state index contributed by atoms with van der Waals surface area (Å²) in [6, 6.07) is 5.16. The van der Waals surface area contributed by atoms with Gasteiger partial charge in [0.1, 0.15) is 0 Å². The van der Waals surface area contributed by atoms with Gasteiger partial charge in [-0.05, 0) is 23.3 Å².